The van der Waals surface area contributed by atoms with Crippen LogP contribution in [-0.2, 0) is 16.0 Å². The summed E-state index contributed by atoms with van der Waals surface area (Å²) in [6, 6.07) is 15.9. The van der Waals surface area contributed by atoms with Gasteiger partial charge in [0.15, 0.2) is 5.78 Å². The van der Waals surface area contributed by atoms with E-state index in [4.69, 9.17) is 19.4 Å². The summed E-state index contributed by atoms with van der Waals surface area (Å²) in [6.07, 6.45) is 3.48. The van der Waals surface area contributed by atoms with Crippen LogP contribution in [0.2, 0.25) is 0 Å². The smallest absolute Gasteiger partial charge is 0.228 e. The number of Topliss-reactive ketones (excluding diaryl/α,β-unsaturated/α-hetero) is 1. The lowest BCUT2D eigenvalue weighted by atomic mass is 10.1. The highest BCUT2D eigenvalue weighted by atomic mass is 16.5. The van der Waals surface area contributed by atoms with Crippen molar-refractivity contribution in [2.45, 2.75) is 26.3 Å². The van der Waals surface area contributed by atoms with E-state index in [9.17, 15) is 4.79 Å². The molecule has 0 bridgehead atoms. The third kappa shape index (κ3) is 6.56. The Balaban J connectivity index is 1.24. The second-order valence-corrected chi connectivity index (χ2v) is 10.5. The molecule has 4 aromatic rings. The topological polar surface area (TPSA) is 97.6 Å². The third-order valence-corrected chi connectivity index (χ3v) is 7.69. The van der Waals surface area contributed by atoms with Crippen LogP contribution in [0.3, 0.4) is 0 Å². The van der Waals surface area contributed by atoms with Gasteiger partial charge in [-0.2, -0.15) is 10.1 Å². The Morgan fingerprint density at radius 3 is 2.41 bits per heavy atom. The molecule has 2 aliphatic rings. The first kappa shape index (κ1) is 27.3. The van der Waals surface area contributed by atoms with Crippen LogP contribution >= 0.6 is 0 Å². The lowest BCUT2D eigenvalue weighted by molar-refractivity contribution is 0.0368. The molecule has 0 spiro atoms. The number of hydrogen-bond donors (Lipinski definition) is 1. The summed E-state index contributed by atoms with van der Waals surface area (Å²) in [5.41, 5.74) is 4.55. The number of anilines is 3. The molecule has 41 heavy (non-hydrogen) atoms. The third-order valence-electron chi connectivity index (χ3n) is 7.69. The van der Waals surface area contributed by atoms with Gasteiger partial charge in [-0.15, -0.1) is 0 Å². The van der Waals surface area contributed by atoms with Gasteiger partial charge >= 0.3 is 0 Å². The molecule has 0 radical (unpaired) electrons. The largest absolute Gasteiger partial charge is 0.379 e. The summed E-state index contributed by atoms with van der Waals surface area (Å²) in [5, 5.41) is 9.19. The number of nitrogens with one attached hydrogen (secondary N) is 1. The highest BCUT2D eigenvalue weighted by Crippen LogP contribution is 2.28. The maximum absolute atomic E-state index is 12.0. The van der Waals surface area contributed by atoms with Crippen molar-refractivity contribution < 1.29 is 14.3 Å². The number of ether oxygens (including phenoxy) is 2. The van der Waals surface area contributed by atoms with Gasteiger partial charge in [-0.1, -0.05) is 13.0 Å². The van der Waals surface area contributed by atoms with Gasteiger partial charge in [-0.25, -0.2) is 4.98 Å². The molecule has 2 aliphatic heterocycles. The van der Waals surface area contributed by atoms with Gasteiger partial charge in [0.05, 0.1) is 43.8 Å². The van der Waals surface area contributed by atoms with E-state index in [-0.39, 0.29) is 5.78 Å². The molecule has 0 amide bonds. The van der Waals surface area contributed by atoms with Crippen molar-refractivity contribution in [3.05, 3.63) is 60.3 Å². The van der Waals surface area contributed by atoms with Gasteiger partial charge in [0.2, 0.25) is 5.95 Å². The van der Waals surface area contributed by atoms with Crippen molar-refractivity contribution in [1.82, 2.24) is 24.6 Å². The van der Waals surface area contributed by atoms with E-state index in [0.717, 1.165) is 86.8 Å². The molecule has 10 heteroatoms. The zero-order chi connectivity index (χ0) is 28.0. The number of carbonyl (C=O) groups excluding carboxylic acids is 1. The summed E-state index contributed by atoms with van der Waals surface area (Å²) in [5.74, 6) is 1.50. The van der Waals surface area contributed by atoms with E-state index in [1.807, 2.05) is 43.5 Å². The Kier molecular flexibility index (Phi) is 8.50. The fourth-order valence-corrected chi connectivity index (χ4v) is 5.34. The van der Waals surface area contributed by atoms with Crippen molar-refractivity contribution in [2.75, 3.05) is 69.4 Å². The summed E-state index contributed by atoms with van der Waals surface area (Å²) < 4.78 is 13.1. The highest BCUT2D eigenvalue weighted by molar-refractivity contribution is 5.96. The number of nitrogens with zero attached hydrogens (tertiary/aromatic N) is 6. The van der Waals surface area contributed by atoms with Crippen LogP contribution in [-0.4, -0.2) is 89.6 Å². The number of benzene rings is 2. The van der Waals surface area contributed by atoms with E-state index in [1.54, 1.807) is 0 Å². The lowest BCUT2D eigenvalue weighted by Gasteiger charge is -2.27. The molecule has 4 heterocycles. The minimum Gasteiger partial charge on any atom is -0.379 e. The van der Waals surface area contributed by atoms with Gasteiger partial charge in [-0.05, 0) is 42.8 Å². The second-order valence-electron chi connectivity index (χ2n) is 10.5. The number of fused-ring (bicyclic) bond motifs is 1. The number of morpholine rings is 2. The van der Waals surface area contributed by atoms with Crippen molar-refractivity contribution in [1.29, 1.82) is 0 Å². The number of hydrogen-bond acceptors (Lipinski definition) is 9. The predicted molar refractivity (Wildman–Crippen MR) is 160 cm³/mol. The van der Waals surface area contributed by atoms with E-state index >= 15 is 0 Å². The number of carbonyl (C=O) groups is 1. The molecule has 1 N–H and O–H groups in total. The summed E-state index contributed by atoms with van der Waals surface area (Å²) >= 11 is 0. The van der Waals surface area contributed by atoms with Crippen LogP contribution in [0, 0.1) is 0 Å². The molecule has 6 rings (SSSR count). The summed E-state index contributed by atoms with van der Waals surface area (Å²) in [6.45, 7) is 10.3. The van der Waals surface area contributed by atoms with Crippen LogP contribution in [0.4, 0.5) is 17.5 Å². The van der Waals surface area contributed by atoms with Gasteiger partial charge in [0.1, 0.15) is 5.82 Å². The van der Waals surface area contributed by atoms with Crippen LogP contribution < -0.4 is 10.2 Å². The minimum absolute atomic E-state index is 0.131. The van der Waals surface area contributed by atoms with Crippen LogP contribution in [0.5, 0.6) is 0 Å². The number of aryl methyl sites for hydroxylation is 1. The molecule has 2 aromatic heterocycles. The van der Waals surface area contributed by atoms with Crippen LogP contribution in [0.15, 0.2) is 54.7 Å². The van der Waals surface area contributed by atoms with Gasteiger partial charge < -0.3 is 19.7 Å². The SMILES string of the molecule is CCC(=O)c1ccc(Nc2cc(-c3ccc4c(cnn4CCCN4CCOCC4)c3)nc(N3CCOCC3)n2)cc1. The Bertz CT molecular complexity index is 1480. The molecule has 0 aliphatic carbocycles. The zero-order valence-electron chi connectivity index (χ0n) is 23.6. The van der Waals surface area contributed by atoms with Gasteiger partial charge in [-0.3, -0.25) is 14.4 Å². The Morgan fingerprint density at radius 2 is 1.66 bits per heavy atom. The molecule has 2 saturated heterocycles. The number of rotatable bonds is 10. The quantitative estimate of drug-likeness (QED) is 0.286. The Morgan fingerprint density at radius 1 is 0.902 bits per heavy atom. The van der Waals surface area contributed by atoms with Gasteiger partial charge in [0, 0.05) is 74.0 Å². The van der Waals surface area contributed by atoms with Crippen LogP contribution in [0.1, 0.15) is 30.1 Å². The second kappa shape index (κ2) is 12.8. The van der Waals surface area contributed by atoms with E-state index in [1.165, 1.54) is 0 Å². The molecular weight excluding hydrogens is 518 g/mol. The van der Waals surface area contributed by atoms with Crippen molar-refractivity contribution >= 4 is 34.1 Å². The Labute approximate surface area is 240 Å². The maximum Gasteiger partial charge on any atom is 0.228 e. The minimum atomic E-state index is 0.131. The molecule has 2 aromatic carbocycles. The highest BCUT2D eigenvalue weighted by Gasteiger charge is 2.17. The summed E-state index contributed by atoms with van der Waals surface area (Å²) in [4.78, 5) is 26.5. The molecule has 10 nitrogen and oxygen atoms in total. The lowest BCUT2D eigenvalue weighted by Crippen LogP contribution is -2.37. The van der Waals surface area contributed by atoms with E-state index < -0.39 is 0 Å². The molecule has 0 unspecified atom stereocenters. The van der Waals surface area contributed by atoms with E-state index in [2.05, 4.69) is 43.1 Å². The normalized spacial score (nSPS) is 16.3. The first-order valence-corrected chi connectivity index (χ1v) is 14.5. The zero-order valence-corrected chi connectivity index (χ0v) is 23.6. The molecular formula is C31H37N7O3. The molecule has 214 valence electrons. The molecule has 0 saturated carbocycles. The predicted octanol–water partition coefficient (Wildman–Crippen LogP) is 4.39. The fraction of sp³-hybridized carbons (Fsp3) is 0.419. The number of aromatic nitrogens is 4. The standard InChI is InChI=1S/C31H37N7O3/c1-2-29(39)23-4-7-26(8-5-23)33-30-21-27(34-31(35-30)37-14-18-41-19-15-37)24-6-9-28-25(20-24)22-32-38(28)11-3-10-36-12-16-40-17-13-36/h4-9,20-22H,2-3,10-19H2,1H3,(H,33,34,35). The maximum atomic E-state index is 12.0. The van der Waals surface area contributed by atoms with Gasteiger partial charge in [0.25, 0.3) is 0 Å². The average molecular weight is 556 g/mol. The molecule has 0 atom stereocenters. The number of ketones is 1. The van der Waals surface area contributed by atoms with E-state index in [0.29, 0.717) is 37.0 Å². The van der Waals surface area contributed by atoms with Crippen molar-refractivity contribution in [3.8, 4) is 11.3 Å². The van der Waals surface area contributed by atoms with Crippen LogP contribution in [0.25, 0.3) is 22.2 Å². The molecule has 2 fully saturated rings. The monoisotopic (exact) mass is 555 g/mol. The first-order chi connectivity index (χ1) is 20.2. The summed E-state index contributed by atoms with van der Waals surface area (Å²) in [7, 11) is 0. The van der Waals surface area contributed by atoms with Crippen molar-refractivity contribution in [3.63, 3.8) is 0 Å². The fourth-order valence-electron chi connectivity index (χ4n) is 5.34. The first-order valence-electron chi connectivity index (χ1n) is 14.5. The Hall–Kier alpha value is -3.86. The average Bonchev–Trinajstić information content (AvgIpc) is 3.44. The van der Waals surface area contributed by atoms with Crippen molar-refractivity contribution in [2.24, 2.45) is 0 Å².